The molecule has 1 N–H and O–H groups in total. The predicted octanol–water partition coefficient (Wildman–Crippen LogP) is 13.9. The van der Waals surface area contributed by atoms with E-state index in [1.165, 1.54) is 12.5 Å². The largest absolute Gasteiger partial charge is 0.497 e. The van der Waals surface area contributed by atoms with Crippen molar-refractivity contribution in [1.29, 1.82) is 0 Å². The average molecular weight is 1390 g/mol. The first-order chi connectivity index (χ1) is 47.2. The van der Waals surface area contributed by atoms with Gasteiger partial charge >= 0.3 is 11.9 Å². The first-order valence-corrected chi connectivity index (χ1v) is 38.8. The molecule has 4 aromatic carbocycles. The van der Waals surface area contributed by atoms with Crippen LogP contribution < -0.4 is 18.9 Å². The summed E-state index contributed by atoms with van der Waals surface area (Å²) in [6.07, 6.45) is -0.450. The third-order valence-electron chi connectivity index (χ3n) is 23.8. The lowest BCUT2D eigenvalue weighted by Crippen LogP contribution is -2.66. The van der Waals surface area contributed by atoms with Gasteiger partial charge in [-0.25, -0.2) is 4.79 Å². The van der Waals surface area contributed by atoms with E-state index in [0.29, 0.717) is 60.9 Å². The van der Waals surface area contributed by atoms with E-state index in [9.17, 15) is 14.7 Å². The van der Waals surface area contributed by atoms with Gasteiger partial charge in [0.25, 0.3) is 0 Å². The number of benzene rings is 4. The van der Waals surface area contributed by atoms with Crippen LogP contribution in [0.4, 0.5) is 0 Å². The summed E-state index contributed by atoms with van der Waals surface area (Å²) in [5.41, 5.74) is 1.85. The molecule has 0 unspecified atom stereocenters. The summed E-state index contributed by atoms with van der Waals surface area (Å²) in [5, 5.41) is 14.8. The standard InChI is InChI=1S/C79H110O19Si/c1-49(2)34-39-78(92-40-41-93-78)50(3)79(82)67(43-64-62-33-24-56-42-61(98-99(14,15)75(5,6)7)35-37-76(56,8)63(62)36-38-77(64,79)9)95-73-71(94-51(4)80)69(66(48-90-73)88-45-53-18-27-58(84-11)28-19-53)97-74-70(96-72(81)55-22-31-60(86-13)32-23-55)68(89-46-54-20-29-59(85-12)30-21-54)65(47-91-74)87-44-52-16-25-57(83-10)26-17-52/h16-32,49-50,61-71,73-74,82H,33-48H2,1-15H3/t50-,61+,62-,63+,64+,65-,66+,67+,68+,69+,70-,71-,73+,74+,76+,77+,79-/m1/s1. The minimum absolute atomic E-state index is 0.0111. The van der Waals surface area contributed by atoms with E-state index in [2.05, 4.69) is 74.6 Å². The minimum atomic E-state index is -2.02. The summed E-state index contributed by atoms with van der Waals surface area (Å²) < 4.78 is 105. The molecule has 17 atom stereocenters. The molecule has 0 aromatic heterocycles. The van der Waals surface area contributed by atoms with Crippen LogP contribution in [0.3, 0.4) is 0 Å². The van der Waals surface area contributed by atoms with E-state index in [4.69, 9.17) is 75.5 Å². The molecule has 4 aromatic rings. The second-order valence-electron chi connectivity index (χ2n) is 31.0. The maximum atomic E-state index is 14.8. The Bertz CT molecular complexity index is 3330. The lowest BCUT2D eigenvalue weighted by Gasteiger charge is -2.61. The molecule has 3 aliphatic heterocycles. The molecule has 20 heteroatoms. The average Bonchev–Trinajstić information content (AvgIpc) is 1.55. The van der Waals surface area contributed by atoms with Gasteiger partial charge in [0, 0.05) is 30.8 Å². The van der Waals surface area contributed by atoms with Crippen LogP contribution in [-0.4, -0.2) is 153 Å². The van der Waals surface area contributed by atoms with Crippen molar-refractivity contribution in [3.05, 3.63) is 131 Å². The number of rotatable bonds is 27. The second-order valence-corrected chi connectivity index (χ2v) is 35.8. The Labute approximate surface area is 587 Å². The molecule has 3 heterocycles. The fourth-order valence-corrected chi connectivity index (χ4v) is 18.4. The number of carbonyl (C=O) groups is 2. The molecule has 99 heavy (non-hydrogen) atoms. The van der Waals surface area contributed by atoms with Gasteiger partial charge in [-0.05, 0) is 176 Å². The Morgan fingerprint density at radius 1 is 0.636 bits per heavy atom. The van der Waals surface area contributed by atoms with E-state index >= 15 is 0 Å². The molecule has 0 radical (unpaired) electrons. The van der Waals surface area contributed by atoms with Crippen molar-refractivity contribution < 1.29 is 90.2 Å². The van der Waals surface area contributed by atoms with Gasteiger partial charge in [-0.2, -0.15) is 0 Å². The molecule has 0 spiro atoms. The van der Waals surface area contributed by atoms with Gasteiger partial charge in [-0.3, -0.25) is 4.79 Å². The van der Waals surface area contributed by atoms with Crippen LogP contribution in [0, 0.1) is 40.4 Å². The Morgan fingerprint density at radius 3 is 1.66 bits per heavy atom. The summed E-state index contributed by atoms with van der Waals surface area (Å²) >= 11 is 0. The first kappa shape index (κ1) is 74.7. The topological polar surface area (TPSA) is 202 Å². The lowest BCUT2D eigenvalue weighted by molar-refractivity contribution is -0.357. The number of allylic oxidation sites excluding steroid dienone is 1. The number of hydrogen-bond acceptors (Lipinski definition) is 19. The smallest absolute Gasteiger partial charge is 0.338 e. The maximum absolute atomic E-state index is 14.8. The Morgan fingerprint density at radius 2 is 1.14 bits per heavy atom. The highest BCUT2D eigenvalue weighted by Gasteiger charge is 2.73. The summed E-state index contributed by atoms with van der Waals surface area (Å²) in [7, 11) is 4.35. The highest BCUT2D eigenvalue weighted by Crippen LogP contribution is 2.70. The zero-order valence-electron chi connectivity index (χ0n) is 61.1. The fourth-order valence-electron chi connectivity index (χ4n) is 17.0. The molecule has 19 nitrogen and oxygen atoms in total. The normalized spacial score (nSPS) is 32.4. The zero-order valence-corrected chi connectivity index (χ0v) is 62.1. The van der Waals surface area contributed by atoms with Gasteiger partial charge < -0.3 is 80.6 Å². The highest BCUT2D eigenvalue weighted by molar-refractivity contribution is 6.74. The third-order valence-corrected chi connectivity index (χ3v) is 28.4. The van der Waals surface area contributed by atoms with E-state index < -0.39 is 98.3 Å². The molecule has 3 saturated heterocycles. The molecule has 4 aliphatic carbocycles. The summed E-state index contributed by atoms with van der Waals surface area (Å²) in [6.45, 7) is 25.1. The van der Waals surface area contributed by atoms with Crippen molar-refractivity contribution in [3.8, 4) is 23.0 Å². The minimum Gasteiger partial charge on any atom is -0.497 e. The van der Waals surface area contributed by atoms with Gasteiger partial charge in [-0.1, -0.05) is 103 Å². The van der Waals surface area contributed by atoms with Crippen molar-refractivity contribution in [1.82, 2.24) is 0 Å². The highest BCUT2D eigenvalue weighted by atomic mass is 28.4. The van der Waals surface area contributed by atoms with Crippen molar-refractivity contribution >= 4 is 20.3 Å². The van der Waals surface area contributed by atoms with Crippen molar-refractivity contribution in [2.45, 2.75) is 231 Å². The van der Waals surface area contributed by atoms with Gasteiger partial charge in [0.15, 0.2) is 38.9 Å². The molecule has 0 bridgehead atoms. The number of methoxy groups -OCH3 is 4. The second kappa shape index (κ2) is 31.2. The molecule has 3 saturated carbocycles. The SMILES string of the molecule is COc1ccc(CO[C@@H]2[C@@H](OC(=O)c3ccc(OC)cc3)[C@H](O[C@@H]3[C@@H](OC(C)=O)[C@H](O[C@H]4C[C@H]5[C@@H]6CC=C7C[C@@H](O[Si](C)(C)C(C)(C)C)CC[C@]7(C)[C@H]6CC[C@]5(C)[C@@]4(O)[C@H](C)C4(CCC(C)C)OCCO4)OC[C@@H]3OCc3ccc(OC)cc3)OC[C@H]2OCc2ccc(OC)cc2)cc1. The number of hydrogen-bond donors (Lipinski definition) is 1. The van der Waals surface area contributed by atoms with E-state index in [-0.39, 0.29) is 67.0 Å². The van der Waals surface area contributed by atoms with Crippen LogP contribution in [-0.2, 0) is 81.1 Å². The predicted molar refractivity (Wildman–Crippen MR) is 374 cm³/mol. The lowest BCUT2D eigenvalue weighted by atomic mass is 9.46. The molecule has 11 rings (SSSR count). The van der Waals surface area contributed by atoms with E-state index in [1.54, 1.807) is 52.7 Å². The number of esters is 2. The summed E-state index contributed by atoms with van der Waals surface area (Å²) in [6, 6.07) is 29.1. The number of fused-ring (bicyclic) bond motifs is 5. The number of ether oxygens (including phenoxy) is 15. The molecule has 7 aliphatic rings. The van der Waals surface area contributed by atoms with Gasteiger partial charge in [0.1, 0.15) is 53.0 Å². The number of carbonyl (C=O) groups excluding carboxylic acids is 2. The fraction of sp³-hybridized carbons (Fsp3) is 0.646. The zero-order chi connectivity index (χ0) is 70.7. The van der Waals surface area contributed by atoms with Crippen LogP contribution in [0.2, 0.25) is 18.1 Å². The molecule has 6 fully saturated rings. The van der Waals surface area contributed by atoms with E-state index in [1.807, 2.05) is 72.8 Å². The summed E-state index contributed by atoms with van der Waals surface area (Å²) in [5.74, 6) is 0.379. The Kier molecular flexibility index (Phi) is 23.6. The third kappa shape index (κ3) is 15.9. The van der Waals surface area contributed by atoms with Gasteiger partial charge in [0.05, 0.1) is 86.4 Å². The van der Waals surface area contributed by atoms with Crippen LogP contribution in [0.25, 0.3) is 0 Å². The quantitative estimate of drug-likeness (QED) is 0.0335. The van der Waals surface area contributed by atoms with Gasteiger partial charge in [0.2, 0.25) is 0 Å². The van der Waals surface area contributed by atoms with Crippen LogP contribution in [0.5, 0.6) is 23.0 Å². The molecule has 0 amide bonds. The maximum Gasteiger partial charge on any atom is 0.338 e. The Hall–Kier alpha value is -5.46. The summed E-state index contributed by atoms with van der Waals surface area (Å²) in [4.78, 5) is 28.9. The monoisotopic (exact) mass is 1390 g/mol. The van der Waals surface area contributed by atoms with Crippen molar-refractivity contribution in [3.63, 3.8) is 0 Å². The van der Waals surface area contributed by atoms with Crippen molar-refractivity contribution in [2.75, 3.05) is 54.9 Å². The van der Waals surface area contributed by atoms with Crippen LogP contribution in [0.1, 0.15) is 147 Å². The molecular weight excluding hydrogens is 1280 g/mol. The number of aliphatic hydroxyl groups is 1. The van der Waals surface area contributed by atoms with Gasteiger partial charge in [-0.15, -0.1) is 0 Å². The first-order valence-electron chi connectivity index (χ1n) is 35.9. The Balaban J connectivity index is 0.969. The van der Waals surface area contributed by atoms with Crippen LogP contribution >= 0.6 is 0 Å². The molecular formula is C79H110O19Si. The van der Waals surface area contributed by atoms with E-state index in [0.717, 1.165) is 61.6 Å². The molecule has 544 valence electrons. The van der Waals surface area contributed by atoms with Crippen molar-refractivity contribution in [2.24, 2.45) is 40.4 Å². The van der Waals surface area contributed by atoms with Crippen LogP contribution in [0.15, 0.2) is 109 Å².